The highest BCUT2D eigenvalue weighted by molar-refractivity contribution is 5.91. The summed E-state index contributed by atoms with van der Waals surface area (Å²) in [5.41, 5.74) is 2.80. The number of carbonyl (C=O) groups excluding carboxylic acids is 1. The van der Waals surface area contributed by atoms with Gasteiger partial charge < -0.3 is 14.3 Å². The fourth-order valence-electron chi connectivity index (χ4n) is 2.85. The van der Waals surface area contributed by atoms with E-state index in [0.717, 1.165) is 22.0 Å². The Hall–Kier alpha value is -3.48. The predicted molar refractivity (Wildman–Crippen MR) is 102 cm³/mol. The number of fused-ring (bicyclic) bond motifs is 1. The van der Waals surface area contributed by atoms with Crippen molar-refractivity contribution >= 4 is 22.6 Å². The molecule has 7 nitrogen and oxygen atoms in total. The van der Waals surface area contributed by atoms with Crippen molar-refractivity contribution in [1.82, 2.24) is 19.7 Å². The van der Waals surface area contributed by atoms with Crippen LogP contribution >= 0.6 is 0 Å². The van der Waals surface area contributed by atoms with E-state index in [1.54, 1.807) is 12.3 Å². The van der Waals surface area contributed by atoms with Crippen LogP contribution in [-0.4, -0.2) is 25.7 Å². The summed E-state index contributed by atoms with van der Waals surface area (Å²) in [6.45, 7) is 4.11. The van der Waals surface area contributed by atoms with Gasteiger partial charge in [0.25, 0.3) is 0 Å². The number of carbonyl (C=O) groups is 1. The standard InChI is InChI=1S/C20H19N5O2/c1-3-19-23-24-20(27-19)15-6-5-14-8-9-25(16(14)10-15)12-18(26)22-17-7-4-13(2)11-21-17/h4-11H,3,12H2,1-2H3,(H,21,22,26). The maximum Gasteiger partial charge on any atom is 0.247 e. The van der Waals surface area contributed by atoms with Crippen molar-refractivity contribution in [2.75, 3.05) is 5.32 Å². The van der Waals surface area contributed by atoms with Crippen LogP contribution in [-0.2, 0) is 17.8 Å². The first-order valence-electron chi connectivity index (χ1n) is 8.76. The molecular weight excluding hydrogens is 342 g/mol. The average Bonchev–Trinajstić information content (AvgIpc) is 3.30. The fraction of sp³-hybridized carbons (Fsp3) is 0.200. The third kappa shape index (κ3) is 3.57. The zero-order valence-electron chi connectivity index (χ0n) is 15.1. The Balaban J connectivity index is 1.57. The van der Waals surface area contributed by atoms with Gasteiger partial charge >= 0.3 is 0 Å². The number of amides is 1. The minimum Gasteiger partial charge on any atom is -0.421 e. The molecule has 4 rings (SSSR count). The van der Waals surface area contributed by atoms with Crippen LogP contribution in [0.2, 0.25) is 0 Å². The summed E-state index contributed by atoms with van der Waals surface area (Å²) in [5, 5.41) is 12.0. The molecule has 0 aliphatic carbocycles. The van der Waals surface area contributed by atoms with Crippen LogP contribution in [0.5, 0.6) is 0 Å². The highest BCUT2D eigenvalue weighted by Crippen LogP contribution is 2.24. The minimum atomic E-state index is -0.139. The second-order valence-corrected chi connectivity index (χ2v) is 6.34. The Bertz CT molecular complexity index is 1100. The summed E-state index contributed by atoms with van der Waals surface area (Å²) in [7, 11) is 0. The van der Waals surface area contributed by atoms with Crippen molar-refractivity contribution in [2.45, 2.75) is 26.8 Å². The maximum atomic E-state index is 12.4. The third-order valence-electron chi connectivity index (χ3n) is 4.28. The van der Waals surface area contributed by atoms with E-state index in [1.165, 1.54) is 0 Å². The number of aryl methyl sites for hydroxylation is 2. The predicted octanol–water partition coefficient (Wildman–Crippen LogP) is 3.60. The fourth-order valence-corrected chi connectivity index (χ4v) is 2.85. The lowest BCUT2D eigenvalue weighted by Gasteiger charge is -2.07. The lowest BCUT2D eigenvalue weighted by Crippen LogP contribution is -2.18. The van der Waals surface area contributed by atoms with E-state index in [9.17, 15) is 4.79 Å². The summed E-state index contributed by atoms with van der Waals surface area (Å²) in [6.07, 6.45) is 4.31. The molecule has 1 N–H and O–H groups in total. The van der Waals surface area contributed by atoms with Gasteiger partial charge in [-0.2, -0.15) is 0 Å². The molecule has 1 amide bonds. The molecule has 0 bridgehead atoms. The van der Waals surface area contributed by atoms with Crippen LogP contribution in [0.15, 0.2) is 53.2 Å². The highest BCUT2D eigenvalue weighted by Gasteiger charge is 2.11. The summed E-state index contributed by atoms with van der Waals surface area (Å²) in [5.74, 6) is 1.49. The molecular formula is C20H19N5O2. The van der Waals surface area contributed by atoms with E-state index >= 15 is 0 Å². The van der Waals surface area contributed by atoms with E-state index in [4.69, 9.17) is 4.42 Å². The minimum absolute atomic E-state index is 0.139. The molecule has 0 atom stereocenters. The topological polar surface area (TPSA) is 85.8 Å². The zero-order chi connectivity index (χ0) is 18.8. The first kappa shape index (κ1) is 17.0. The number of pyridine rings is 1. The van der Waals surface area contributed by atoms with Crippen molar-refractivity contribution < 1.29 is 9.21 Å². The van der Waals surface area contributed by atoms with Gasteiger partial charge in [0.05, 0.1) is 0 Å². The van der Waals surface area contributed by atoms with Gasteiger partial charge in [-0.1, -0.05) is 19.1 Å². The van der Waals surface area contributed by atoms with Gasteiger partial charge in [0.15, 0.2) is 0 Å². The number of hydrogen-bond donors (Lipinski definition) is 1. The van der Waals surface area contributed by atoms with E-state index < -0.39 is 0 Å². The van der Waals surface area contributed by atoms with Crippen LogP contribution in [0.4, 0.5) is 5.82 Å². The second kappa shape index (κ2) is 7.03. The third-order valence-corrected chi connectivity index (χ3v) is 4.28. The average molecular weight is 361 g/mol. The number of anilines is 1. The Morgan fingerprint density at radius 2 is 2.07 bits per heavy atom. The smallest absolute Gasteiger partial charge is 0.247 e. The summed E-state index contributed by atoms with van der Waals surface area (Å²) in [4.78, 5) is 16.6. The quantitative estimate of drug-likeness (QED) is 0.587. The zero-order valence-corrected chi connectivity index (χ0v) is 15.1. The van der Waals surface area contributed by atoms with Gasteiger partial charge in [-0.15, -0.1) is 10.2 Å². The molecule has 0 saturated heterocycles. The van der Waals surface area contributed by atoms with Crippen LogP contribution in [0.3, 0.4) is 0 Å². The number of rotatable bonds is 5. The van der Waals surface area contributed by atoms with Gasteiger partial charge in [0, 0.05) is 29.9 Å². The van der Waals surface area contributed by atoms with Crippen LogP contribution in [0, 0.1) is 6.92 Å². The monoisotopic (exact) mass is 361 g/mol. The molecule has 136 valence electrons. The maximum absolute atomic E-state index is 12.4. The van der Waals surface area contributed by atoms with Gasteiger partial charge in [-0.25, -0.2) is 4.98 Å². The van der Waals surface area contributed by atoms with Crippen molar-refractivity contribution in [3.63, 3.8) is 0 Å². The lowest BCUT2D eigenvalue weighted by molar-refractivity contribution is -0.116. The molecule has 0 fully saturated rings. The second-order valence-electron chi connectivity index (χ2n) is 6.34. The molecule has 27 heavy (non-hydrogen) atoms. The van der Waals surface area contributed by atoms with Crippen molar-refractivity contribution in [3.8, 4) is 11.5 Å². The largest absolute Gasteiger partial charge is 0.421 e. The molecule has 0 radical (unpaired) electrons. The number of aromatic nitrogens is 4. The number of nitrogens with zero attached hydrogens (tertiary/aromatic N) is 4. The molecule has 1 aromatic carbocycles. The highest BCUT2D eigenvalue weighted by atomic mass is 16.4. The lowest BCUT2D eigenvalue weighted by atomic mass is 10.1. The molecule has 0 unspecified atom stereocenters. The number of nitrogens with one attached hydrogen (secondary N) is 1. The van der Waals surface area contributed by atoms with E-state index in [2.05, 4.69) is 20.5 Å². The molecule has 0 aliphatic heterocycles. The molecule has 0 spiro atoms. The normalized spacial score (nSPS) is 11.0. The molecule has 0 aliphatic rings. The van der Waals surface area contributed by atoms with Crippen molar-refractivity contribution in [1.29, 1.82) is 0 Å². The van der Waals surface area contributed by atoms with Crippen molar-refractivity contribution in [3.05, 3.63) is 60.2 Å². The molecule has 3 aromatic heterocycles. The molecule has 3 heterocycles. The van der Waals surface area contributed by atoms with E-state index in [1.807, 2.05) is 54.9 Å². The summed E-state index contributed by atoms with van der Waals surface area (Å²) < 4.78 is 7.52. The molecule has 0 saturated carbocycles. The van der Waals surface area contributed by atoms with Gasteiger partial charge in [0.2, 0.25) is 17.7 Å². The molecule has 7 heteroatoms. The first-order chi connectivity index (χ1) is 13.1. The Morgan fingerprint density at radius 1 is 1.19 bits per heavy atom. The van der Waals surface area contributed by atoms with E-state index in [0.29, 0.717) is 24.0 Å². The SMILES string of the molecule is CCc1nnc(-c2ccc3ccn(CC(=O)Nc4ccc(C)cn4)c3c2)o1. The van der Waals surface area contributed by atoms with Crippen LogP contribution in [0.1, 0.15) is 18.4 Å². The van der Waals surface area contributed by atoms with E-state index in [-0.39, 0.29) is 12.5 Å². The van der Waals surface area contributed by atoms with Gasteiger partial charge in [-0.3, -0.25) is 4.79 Å². The first-order valence-corrected chi connectivity index (χ1v) is 8.76. The van der Waals surface area contributed by atoms with Crippen molar-refractivity contribution in [2.24, 2.45) is 0 Å². The Kier molecular flexibility index (Phi) is 4.42. The summed E-state index contributed by atoms with van der Waals surface area (Å²) >= 11 is 0. The molecule has 4 aromatic rings. The number of benzene rings is 1. The van der Waals surface area contributed by atoms with Gasteiger partial charge in [0.1, 0.15) is 12.4 Å². The van der Waals surface area contributed by atoms with Crippen LogP contribution < -0.4 is 5.32 Å². The van der Waals surface area contributed by atoms with Gasteiger partial charge in [-0.05, 0) is 42.1 Å². The number of hydrogen-bond acceptors (Lipinski definition) is 5. The summed E-state index contributed by atoms with van der Waals surface area (Å²) in [6, 6.07) is 11.6. The Morgan fingerprint density at radius 3 is 2.81 bits per heavy atom. The Labute approximate surface area is 156 Å². The van der Waals surface area contributed by atoms with Crippen LogP contribution in [0.25, 0.3) is 22.4 Å².